The van der Waals surface area contributed by atoms with E-state index in [-0.39, 0.29) is 0 Å². The molecule has 2 aliphatic carbocycles. The summed E-state index contributed by atoms with van der Waals surface area (Å²) in [4.78, 5) is 2.56. The Labute approximate surface area is 121 Å². The summed E-state index contributed by atoms with van der Waals surface area (Å²) in [7, 11) is 0. The fourth-order valence-electron chi connectivity index (χ4n) is 3.98. The molecule has 0 aliphatic heterocycles. The topological polar surface area (TPSA) is 0 Å². The third kappa shape index (κ3) is 4.46. The van der Waals surface area contributed by atoms with E-state index in [0.717, 1.165) is 33.3 Å². The van der Waals surface area contributed by atoms with E-state index < -0.39 is 0 Å². The molecular formula is C16H29BSe. The Morgan fingerprint density at radius 2 is 1.39 bits per heavy atom. The van der Waals surface area contributed by atoms with Gasteiger partial charge in [-0.2, -0.15) is 0 Å². The molecule has 0 nitrogen and oxygen atoms in total. The van der Waals surface area contributed by atoms with Crippen LogP contribution in [0.15, 0.2) is 10.9 Å². The Morgan fingerprint density at radius 1 is 0.889 bits per heavy atom. The van der Waals surface area contributed by atoms with Gasteiger partial charge in [0.15, 0.2) is 0 Å². The Hall–Kier alpha value is 0.324. The van der Waals surface area contributed by atoms with Crippen LogP contribution in [0.1, 0.15) is 71.1 Å². The normalized spacial score (nSPS) is 23.6. The van der Waals surface area contributed by atoms with Crippen LogP contribution in [0.4, 0.5) is 0 Å². The minimum atomic E-state index is 0.765. The van der Waals surface area contributed by atoms with Gasteiger partial charge in [0, 0.05) is 0 Å². The van der Waals surface area contributed by atoms with Gasteiger partial charge in [-0.25, -0.2) is 0 Å². The molecule has 0 amide bonds. The van der Waals surface area contributed by atoms with Crippen molar-refractivity contribution in [1.29, 1.82) is 0 Å². The van der Waals surface area contributed by atoms with Crippen LogP contribution in [0.3, 0.4) is 0 Å². The van der Waals surface area contributed by atoms with Crippen molar-refractivity contribution in [3.8, 4) is 0 Å². The van der Waals surface area contributed by atoms with E-state index >= 15 is 0 Å². The summed E-state index contributed by atoms with van der Waals surface area (Å²) in [5.41, 5.74) is 0. The van der Waals surface area contributed by atoms with Crippen molar-refractivity contribution in [3.63, 3.8) is 0 Å². The molecule has 2 fully saturated rings. The molecule has 0 aromatic heterocycles. The number of hydrogen-bond acceptors (Lipinski definition) is 0. The van der Waals surface area contributed by atoms with Crippen LogP contribution >= 0.6 is 0 Å². The third-order valence-corrected chi connectivity index (χ3v) is 6.38. The molecule has 0 heterocycles. The fourth-order valence-corrected chi connectivity index (χ4v) is 5.00. The van der Waals surface area contributed by atoms with Crippen molar-refractivity contribution < 1.29 is 0 Å². The predicted molar refractivity (Wildman–Crippen MR) is 84.8 cm³/mol. The summed E-state index contributed by atoms with van der Waals surface area (Å²) in [5, 5.41) is 1.37. The van der Waals surface area contributed by atoms with Gasteiger partial charge in [-0.1, -0.05) is 0 Å². The van der Waals surface area contributed by atoms with E-state index in [1.54, 1.807) is 0 Å². The molecule has 0 N–H and O–H groups in total. The number of hydrogen-bond donors (Lipinski definition) is 0. The average molecular weight is 311 g/mol. The van der Waals surface area contributed by atoms with Crippen molar-refractivity contribution in [1.82, 2.24) is 0 Å². The SMILES string of the molecule is CC[Se]/C=C/B(C1CCCCC1)C1CCCCC1. The van der Waals surface area contributed by atoms with Crippen molar-refractivity contribution in [3.05, 3.63) is 10.9 Å². The molecule has 0 atom stereocenters. The Kier molecular flexibility index (Phi) is 6.94. The molecule has 0 bridgehead atoms. The zero-order valence-corrected chi connectivity index (χ0v) is 13.8. The van der Waals surface area contributed by atoms with Gasteiger partial charge in [0.25, 0.3) is 0 Å². The summed E-state index contributed by atoms with van der Waals surface area (Å²) in [6, 6.07) is 0. The van der Waals surface area contributed by atoms with E-state index in [1.165, 1.54) is 69.5 Å². The van der Waals surface area contributed by atoms with Crippen molar-refractivity contribution in [2.45, 2.75) is 88.1 Å². The summed E-state index contributed by atoms with van der Waals surface area (Å²) in [5.74, 6) is 4.73. The standard InChI is InChI=1S/C16H29BSe/c1-2-18-14-13-17(15-9-5-3-6-10-15)16-11-7-4-8-12-16/h13-16H,2-12H2,1H3/b14-13+. The van der Waals surface area contributed by atoms with Crippen LogP contribution < -0.4 is 0 Å². The molecule has 2 rings (SSSR count). The molecule has 102 valence electrons. The first-order valence-corrected chi connectivity index (χ1v) is 10.4. The van der Waals surface area contributed by atoms with Crippen LogP contribution in [-0.2, 0) is 0 Å². The van der Waals surface area contributed by atoms with Crippen LogP contribution in [0, 0.1) is 0 Å². The zero-order chi connectivity index (χ0) is 12.6. The quantitative estimate of drug-likeness (QED) is 0.601. The van der Waals surface area contributed by atoms with E-state index in [4.69, 9.17) is 0 Å². The average Bonchev–Trinajstić information content (AvgIpc) is 2.46. The van der Waals surface area contributed by atoms with Gasteiger partial charge >= 0.3 is 121 Å². The Balaban J connectivity index is 1.95. The summed E-state index contributed by atoms with van der Waals surface area (Å²) >= 11 is 0.765. The maximum absolute atomic E-state index is 2.66. The summed E-state index contributed by atoms with van der Waals surface area (Å²) < 4.78 is 0. The molecule has 2 heteroatoms. The van der Waals surface area contributed by atoms with Crippen LogP contribution in [0.25, 0.3) is 0 Å². The van der Waals surface area contributed by atoms with Crippen molar-refractivity contribution in [2.24, 2.45) is 0 Å². The van der Waals surface area contributed by atoms with E-state index in [2.05, 4.69) is 17.9 Å². The van der Waals surface area contributed by atoms with Gasteiger partial charge in [0.2, 0.25) is 0 Å². The van der Waals surface area contributed by atoms with Crippen LogP contribution in [0.5, 0.6) is 0 Å². The maximum atomic E-state index is 2.66. The van der Waals surface area contributed by atoms with Crippen LogP contribution in [-0.4, -0.2) is 21.7 Å². The molecule has 0 aromatic rings. The van der Waals surface area contributed by atoms with Gasteiger partial charge in [0.1, 0.15) is 0 Å². The molecule has 0 spiro atoms. The number of rotatable bonds is 5. The molecule has 2 aliphatic rings. The van der Waals surface area contributed by atoms with Gasteiger partial charge in [-0.05, 0) is 0 Å². The molecule has 0 saturated heterocycles. The molecule has 2 saturated carbocycles. The van der Waals surface area contributed by atoms with Crippen molar-refractivity contribution >= 4 is 21.7 Å². The van der Waals surface area contributed by atoms with E-state index in [1.807, 2.05) is 0 Å². The van der Waals surface area contributed by atoms with E-state index in [0.29, 0.717) is 0 Å². The second-order valence-corrected chi connectivity index (χ2v) is 8.64. The Bertz CT molecular complexity index is 221. The second-order valence-electron chi connectivity index (χ2n) is 6.16. The van der Waals surface area contributed by atoms with Gasteiger partial charge < -0.3 is 0 Å². The molecule has 0 radical (unpaired) electrons. The van der Waals surface area contributed by atoms with Gasteiger partial charge in [0.05, 0.1) is 0 Å². The van der Waals surface area contributed by atoms with Crippen molar-refractivity contribution in [2.75, 3.05) is 0 Å². The fraction of sp³-hybridized carbons (Fsp3) is 0.875. The molecule has 0 unspecified atom stereocenters. The van der Waals surface area contributed by atoms with Gasteiger partial charge in [-0.15, -0.1) is 0 Å². The van der Waals surface area contributed by atoms with E-state index in [9.17, 15) is 0 Å². The summed E-state index contributed by atoms with van der Waals surface area (Å²) in [6.07, 6.45) is 15.1. The second kappa shape index (κ2) is 8.49. The first-order chi connectivity index (χ1) is 8.92. The first kappa shape index (κ1) is 14.7. The van der Waals surface area contributed by atoms with Crippen LogP contribution in [0.2, 0.25) is 17.0 Å². The molecular weight excluding hydrogens is 282 g/mol. The first-order valence-electron chi connectivity index (χ1n) is 8.20. The predicted octanol–water partition coefficient (Wildman–Crippen LogP) is 5.35. The monoisotopic (exact) mass is 312 g/mol. The summed E-state index contributed by atoms with van der Waals surface area (Å²) in [6.45, 7) is 3.26. The Morgan fingerprint density at radius 3 is 1.83 bits per heavy atom. The third-order valence-electron chi connectivity index (χ3n) is 4.95. The minimum absolute atomic E-state index is 0.765. The zero-order valence-electron chi connectivity index (χ0n) is 12.1. The molecule has 0 aromatic carbocycles. The molecule has 18 heavy (non-hydrogen) atoms. The van der Waals surface area contributed by atoms with Gasteiger partial charge in [-0.3, -0.25) is 0 Å².